The van der Waals surface area contributed by atoms with E-state index in [0.717, 1.165) is 6.42 Å². The molecule has 1 unspecified atom stereocenters. The number of fused-ring (bicyclic) bond motifs is 1. The van der Waals surface area contributed by atoms with Gasteiger partial charge in [0.25, 0.3) is 0 Å². The summed E-state index contributed by atoms with van der Waals surface area (Å²) < 4.78 is 15.4. The summed E-state index contributed by atoms with van der Waals surface area (Å²) in [6, 6.07) is 2.93. The largest absolute Gasteiger partial charge is 0.508 e. The molecule has 0 aromatic heterocycles. The number of carbonyl (C=O) groups is 3. The molecule has 0 aliphatic carbocycles. The third kappa shape index (κ3) is 3.60. The zero-order valence-corrected chi connectivity index (χ0v) is 14.6. The van der Waals surface area contributed by atoms with Gasteiger partial charge in [-0.15, -0.1) is 0 Å². The highest BCUT2D eigenvalue weighted by molar-refractivity contribution is 6.04. The molecule has 0 radical (unpaired) electrons. The molecule has 0 saturated heterocycles. The van der Waals surface area contributed by atoms with Gasteiger partial charge in [0.15, 0.2) is 5.78 Å². The van der Waals surface area contributed by atoms with Crippen LogP contribution in [0.25, 0.3) is 0 Å². The fourth-order valence-electron chi connectivity index (χ4n) is 2.98. The third-order valence-corrected chi connectivity index (χ3v) is 4.30. The Kier molecular flexibility index (Phi) is 5.66. The lowest BCUT2D eigenvalue weighted by Gasteiger charge is -2.36. The van der Waals surface area contributed by atoms with E-state index >= 15 is 0 Å². The second-order valence-electron chi connectivity index (χ2n) is 5.95. The van der Waals surface area contributed by atoms with Crippen molar-refractivity contribution in [2.24, 2.45) is 0 Å². The van der Waals surface area contributed by atoms with E-state index < -0.39 is 17.5 Å². The Labute approximate surface area is 145 Å². The van der Waals surface area contributed by atoms with Crippen LogP contribution in [0.5, 0.6) is 11.5 Å². The summed E-state index contributed by atoms with van der Waals surface area (Å²) in [5.41, 5.74) is -0.818. The van der Waals surface area contributed by atoms with Crippen LogP contribution in [0.3, 0.4) is 0 Å². The first-order valence-corrected chi connectivity index (χ1v) is 8.10. The van der Waals surface area contributed by atoms with Crippen LogP contribution in [0, 0.1) is 0 Å². The minimum atomic E-state index is -1.61. The van der Waals surface area contributed by atoms with Crippen molar-refractivity contribution in [3.05, 3.63) is 23.3 Å². The van der Waals surface area contributed by atoms with Crippen LogP contribution < -0.4 is 4.74 Å². The number of phenolic OH excluding ortho intramolecular Hbond substituents is 1. The molecular formula is C18H22O7. The highest BCUT2D eigenvalue weighted by Gasteiger charge is 2.49. The second kappa shape index (κ2) is 7.55. The first-order valence-electron chi connectivity index (χ1n) is 8.10. The van der Waals surface area contributed by atoms with Gasteiger partial charge in [-0.3, -0.25) is 9.59 Å². The average molecular weight is 350 g/mol. The molecule has 1 aliphatic heterocycles. The molecule has 1 N–H and O–H groups in total. The summed E-state index contributed by atoms with van der Waals surface area (Å²) in [6.45, 7) is 1.92. The molecule has 0 saturated carbocycles. The summed E-state index contributed by atoms with van der Waals surface area (Å²) in [5.74, 6) is -1.36. The summed E-state index contributed by atoms with van der Waals surface area (Å²) >= 11 is 0. The number of benzene rings is 1. The highest BCUT2D eigenvalue weighted by atomic mass is 16.6. The van der Waals surface area contributed by atoms with Gasteiger partial charge in [-0.1, -0.05) is 13.3 Å². The monoisotopic (exact) mass is 350 g/mol. The number of phenols is 1. The molecule has 1 aliphatic rings. The molecule has 25 heavy (non-hydrogen) atoms. The number of ether oxygens (including phenoxy) is 3. The Morgan fingerprint density at radius 3 is 2.60 bits per heavy atom. The number of Topliss-reactive ketones (excluding diaryl/α,β-unsaturated/α-hetero) is 1. The number of hydrogen-bond donors (Lipinski definition) is 1. The Balaban J connectivity index is 2.49. The third-order valence-electron chi connectivity index (χ3n) is 4.30. The predicted molar refractivity (Wildman–Crippen MR) is 87.7 cm³/mol. The summed E-state index contributed by atoms with van der Waals surface area (Å²) in [4.78, 5) is 36.5. The first kappa shape index (κ1) is 18.8. The van der Waals surface area contributed by atoms with Gasteiger partial charge in [-0.2, -0.15) is 0 Å². The van der Waals surface area contributed by atoms with Crippen LogP contribution in [-0.2, 0) is 25.5 Å². The van der Waals surface area contributed by atoms with Crippen molar-refractivity contribution in [2.75, 3.05) is 14.2 Å². The Bertz CT molecular complexity index is 695. The Morgan fingerprint density at radius 1 is 1.28 bits per heavy atom. The molecule has 0 amide bonds. The van der Waals surface area contributed by atoms with Gasteiger partial charge in [-0.05, 0) is 18.6 Å². The van der Waals surface area contributed by atoms with E-state index in [1.165, 1.54) is 26.4 Å². The lowest BCUT2D eigenvalue weighted by Crippen LogP contribution is -2.50. The maximum absolute atomic E-state index is 12.6. The molecule has 136 valence electrons. The van der Waals surface area contributed by atoms with Gasteiger partial charge in [0.1, 0.15) is 11.5 Å². The molecular weight excluding hydrogens is 328 g/mol. The van der Waals surface area contributed by atoms with E-state index in [9.17, 15) is 19.5 Å². The number of rotatable bonds is 6. The van der Waals surface area contributed by atoms with Gasteiger partial charge in [0, 0.05) is 18.4 Å². The molecule has 7 nitrogen and oxygen atoms in total. The number of hydrogen-bond acceptors (Lipinski definition) is 7. The molecule has 7 heteroatoms. The van der Waals surface area contributed by atoms with Crippen molar-refractivity contribution in [1.29, 1.82) is 0 Å². The van der Waals surface area contributed by atoms with E-state index in [2.05, 4.69) is 4.74 Å². The topological polar surface area (TPSA) is 99.1 Å². The van der Waals surface area contributed by atoms with Crippen LogP contribution in [0.2, 0.25) is 0 Å². The SMILES string of the molecule is CCCc1c(O)ccc2c1OC(CCC(=O)OC)(C(=O)OC)CC2=O. The summed E-state index contributed by atoms with van der Waals surface area (Å²) in [6.07, 6.45) is 0.806. The molecule has 0 bridgehead atoms. The quantitative estimate of drug-likeness (QED) is 0.785. The fraction of sp³-hybridized carbons (Fsp3) is 0.500. The minimum absolute atomic E-state index is 0.00188. The summed E-state index contributed by atoms with van der Waals surface area (Å²) in [7, 11) is 2.44. The van der Waals surface area contributed by atoms with E-state index in [0.29, 0.717) is 17.5 Å². The van der Waals surface area contributed by atoms with Gasteiger partial charge in [0.05, 0.1) is 26.2 Å². The van der Waals surface area contributed by atoms with Gasteiger partial charge >= 0.3 is 11.9 Å². The number of aromatic hydroxyl groups is 1. The minimum Gasteiger partial charge on any atom is -0.508 e. The molecule has 1 atom stereocenters. The van der Waals surface area contributed by atoms with E-state index in [-0.39, 0.29) is 36.5 Å². The predicted octanol–water partition coefficient (Wildman–Crippen LogP) is 2.17. The van der Waals surface area contributed by atoms with Crippen molar-refractivity contribution in [2.45, 2.75) is 44.6 Å². The summed E-state index contributed by atoms with van der Waals surface area (Å²) in [5, 5.41) is 10.1. The van der Waals surface area contributed by atoms with Gasteiger partial charge in [-0.25, -0.2) is 4.79 Å². The molecule has 0 spiro atoms. The van der Waals surface area contributed by atoms with Crippen molar-refractivity contribution < 1.29 is 33.7 Å². The molecule has 0 fully saturated rings. The molecule has 2 rings (SSSR count). The maximum atomic E-state index is 12.6. The lowest BCUT2D eigenvalue weighted by molar-refractivity contribution is -0.161. The maximum Gasteiger partial charge on any atom is 0.350 e. The molecule has 1 aromatic carbocycles. The standard InChI is InChI=1S/C18H22O7/c1-4-5-11-13(19)7-6-12-14(20)10-18(17(22)24-3,25-16(11)12)9-8-15(21)23-2/h6-7,19H,4-5,8-10H2,1-3H3. The normalized spacial score (nSPS) is 18.9. The van der Waals surface area contributed by atoms with E-state index in [1.54, 1.807) is 0 Å². The molecule has 1 aromatic rings. The number of carbonyl (C=O) groups excluding carboxylic acids is 3. The molecule has 1 heterocycles. The van der Waals surface area contributed by atoms with Crippen molar-refractivity contribution in [1.82, 2.24) is 0 Å². The number of ketones is 1. The van der Waals surface area contributed by atoms with Gasteiger partial charge in [0.2, 0.25) is 5.60 Å². The van der Waals surface area contributed by atoms with Crippen LogP contribution in [0.1, 0.15) is 48.5 Å². The van der Waals surface area contributed by atoms with Crippen molar-refractivity contribution in [3.63, 3.8) is 0 Å². The van der Waals surface area contributed by atoms with E-state index in [1.807, 2.05) is 6.92 Å². The number of esters is 2. The lowest BCUT2D eigenvalue weighted by atomic mass is 9.85. The highest BCUT2D eigenvalue weighted by Crippen LogP contribution is 2.42. The van der Waals surface area contributed by atoms with Crippen LogP contribution >= 0.6 is 0 Å². The van der Waals surface area contributed by atoms with Crippen LogP contribution in [-0.4, -0.2) is 42.6 Å². The van der Waals surface area contributed by atoms with Crippen LogP contribution in [0.15, 0.2) is 12.1 Å². The first-order chi connectivity index (χ1) is 11.9. The second-order valence-corrected chi connectivity index (χ2v) is 5.95. The van der Waals surface area contributed by atoms with E-state index in [4.69, 9.17) is 9.47 Å². The van der Waals surface area contributed by atoms with Gasteiger partial charge < -0.3 is 19.3 Å². The van der Waals surface area contributed by atoms with Crippen LogP contribution in [0.4, 0.5) is 0 Å². The zero-order chi connectivity index (χ0) is 18.6. The number of methoxy groups -OCH3 is 2. The van der Waals surface area contributed by atoms with Crippen molar-refractivity contribution >= 4 is 17.7 Å². The smallest absolute Gasteiger partial charge is 0.350 e. The zero-order valence-electron chi connectivity index (χ0n) is 14.6. The average Bonchev–Trinajstić information content (AvgIpc) is 2.61. The Hall–Kier alpha value is -2.57. The Morgan fingerprint density at radius 2 is 2.00 bits per heavy atom. The fourth-order valence-corrected chi connectivity index (χ4v) is 2.98. The van der Waals surface area contributed by atoms with Crippen molar-refractivity contribution in [3.8, 4) is 11.5 Å².